The lowest BCUT2D eigenvalue weighted by Crippen LogP contribution is -2.41. The molecule has 1 saturated heterocycles. The van der Waals surface area contributed by atoms with Crippen molar-refractivity contribution in [1.82, 2.24) is 24.6 Å². The Morgan fingerprint density at radius 3 is 2.67 bits per heavy atom. The number of nitrogens with one attached hydrogen (secondary N) is 1. The summed E-state index contributed by atoms with van der Waals surface area (Å²) in [4.78, 5) is 26.6. The first-order valence-corrected chi connectivity index (χ1v) is 17.9. The molecule has 3 aliphatic rings. The molecule has 48 heavy (non-hydrogen) atoms. The van der Waals surface area contributed by atoms with Crippen LogP contribution in [0, 0.1) is 23.6 Å². The normalized spacial score (nSPS) is 24.4. The van der Waals surface area contributed by atoms with E-state index in [1.807, 2.05) is 30.2 Å². The van der Waals surface area contributed by atoms with E-state index in [2.05, 4.69) is 34.2 Å². The zero-order valence-corrected chi connectivity index (χ0v) is 28.6. The molecule has 3 heterocycles. The van der Waals surface area contributed by atoms with Crippen LogP contribution in [0.1, 0.15) is 92.6 Å². The number of nitrogens with zero attached hydrogens (tertiary/aromatic N) is 6. The highest BCUT2D eigenvalue weighted by Crippen LogP contribution is 2.39. The summed E-state index contributed by atoms with van der Waals surface area (Å²) in [7, 11) is 3.99. The van der Waals surface area contributed by atoms with E-state index in [-0.39, 0.29) is 42.3 Å². The van der Waals surface area contributed by atoms with Crippen LogP contribution in [0.2, 0.25) is 0 Å². The molecule has 260 valence electrons. The SMILES string of the molecule is CC[C@H](C1CCC(C(=O)O)CC1)N(C)c1nc2c(c(N[C@@H](CN3CCC[C@H](CF)C3)c3cnn(C)c3)n1)C[C@H](c1cccc(F)c1)CC2. The fourth-order valence-corrected chi connectivity index (χ4v) is 8.46. The van der Waals surface area contributed by atoms with Crippen molar-refractivity contribution in [1.29, 1.82) is 0 Å². The van der Waals surface area contributed by atoms with Gasteiger partial charge in [-0.2, -0.15) is 10.1 Å². The molecule has 2 N–H and O–H groups in total. The molecule has 1 aliphatic heterocycles. The molecule has 2 aromatic heterocycles. The van der Waals surface area contributed by atoms with Gasteiger partial charge in [0.05, 0.1) is 30.5 Å². The second-order valence-corrected chi connectivity index (χ2v) is 14.4. The molecule has 0 amide bonds. The summed E-state index contributed by atoms with van der Waals surface area (Å²) in [6.07, 6.45) is 12.2. The average molecular weight is 664 g/mol. The molecule has 0 radical (unpaired) electrons. The van der Waals surface area contributed by atoms with E-state index in [0.29, 0.717) is 37.7 Å². The number of rotatable bonds is 12. The van der Waals surface area contributed by atoms with Crippen LogP contribution in [0.5, 0.6) is 0 Å². The Labute approximate surface area is 283 Å². The van der Waals surface area contributed by atoms with Crippen molar-refractivity contribution in [2.45, 2.75) is 89.1 Å². The Hall–Kier alpha value is -3.60. The lowest BCUT2D eigenvalue weighted by molar-refractivity contribution is -0.143. The van der Waals surface area contributed by atoms with Crippen molar-refractivity contribution >= 4 is 17.7 Å². The van der Waals surface area contributed by atoms with Gasteiger partial charge in [-0.1, -0.05) is 19.1 Å². The number of carboxylic acids is 1. The van der Waals surface area contributed by atoms with Gasteiger partial charge in [0.15, 0.2) is 0 Å². The lowest BCUT2D eigenvalue weighted by Gasteiger charge is -2.38. The van der Waals surface area contributed by atoms with E-state index >= 15 is 0 Å². The molecular weight excluding hydrogens is 612 g/mol. The van der Waals surface area contributed by atoms with Gasteiger partial charge < -0.3 is 20.2 Å². The van der Waals surface area contributed by atoms with E-state index in [1.54, 1.807) is 12.1 Å². The van der Waals surface area contributed by atoms with E-state index in [0.717, 1.165) is 86.2 Å². The van der Waals surface area contributed by atoms with Crippen molar-refractivity contribution in [3.8, 4) is 0 Å². The maximum atomic E-state index is 14.3. The van der Waals surface area contributed by atoms with E-state index in [4.69, 9.17) is 9.97 Å². The number of hydrogen-bond donors (Lipinski definition) is 2. The van der Waals surface area contributed by atoms with Gasteiger partial charge >= 0.3 is 5.97 Å². The lowest BCUT2D eigenvalue weighted by atomic mass is 9.77. The summed E-state index contributed by atoms with van der Waals surface area (Å²) in [5, 5.41) is 17.9. The fourth-order valence-electron chi connectivity index (χ4n) is 8.46. The molecule has 9 nitrogen and oxygen atoms in total. The monoisotopic (exact) mass is 663 g/mol. The predicted molar refractivity (Wildman–Crippen MR) is 183 cm³/mol. The number of alkyl halides is 1. The molecule has 0 bridgehead atoms. The van der Waals surface area contributed by atoms with Gasteiger partial charge in [0.2, 0.25) is 5.95 Å². The molecule has 2 aliphatic carbocycles. The number of benzene rings is 1. The van der Waals surface area contributed by atoms with Crippen LogP contribution in [-0.2, 0) is 24.7 Å². The van der Waals surface area contributed by atoms with Gasteiger partial charge in [-0.25, -0.2) is 9.37 Å². The van der Waals surface area contributed by atoms with E-state index < -0.39 is 5.97 Å². The Bertz CT molecular complexity index is 1540. The number of hydrogen-bond acceptors (Lipinski definition) is 7. The van der Waals surface area contributed by atoms with Gasteiger partial charge in [0.25, 0.3) is 0 Å². The van der Waals surface area contributed by atoms with Crippen molar-refractivity contribution < 1.29 is 18.7 Å². The number of piperidine rings is 1. The number of carbonyl (C=O) groups is 1. The Morgan fingerprint density at radius 1 is 1.17 bits per heavy atom. The smallest absolute Gasteiger partial charge is 0.306 e. The summed E-state index contributed by atoms with van der Waals surface area (Å²) in [5.41, 5.74) is 4.12. The molecule has 0 unspecified atom stereocenters. The molecule has 6 rings (SSSR count). The second kappa shape index (κ2) is 15.3. The minimum absolute atomic E-state index is 0.0592. The number of aryl methyl sites for hydroxylation is 2. The van der Waals surface area contributed by atoms with Crippen LogP contribution in [0.4, 0.5) is 20.5 Å². The van der Waals surface area contributed by atoms with Crippen LogP contribution < -0.4 is 10.2 Å². The Kier molecular flexibility index (Phi) is 10.9. The first-order valence-electron chi connectivity index (χ1n) is 17.9. The summed E-state index contributed by atoms with van der Waals surface area (Å²) in [5.74, 6) is 0.881. The summed E-state index contributed by atoms with van der Waals surface area (Å²) >= 11 is 0. The molecule has 4 atom stereocenters. The maximum absolute atomic E-state index is 14.3. The zero-order chi connectivity index (χ0) is 33.8. The van der Waals surface area contributed by atoms with Crippen LogP contribution in [0.3, 0.4) is 0 Å². The van der Waals surface area contributed by atoms with Crippen molar-refractivity contribution in [2.24, 2.45) is 24.8 Å². The van der Waals surface area contributed by atoms with Crippen LogP contribution >= 0.6 is 0 Å². The number of likely N-dealkylation sites (tertiary alicyclic amines) is 1. The van der Waals surface area contributed by atoms with Crippen LogP contribution in [0.15, 0.2) is 36.7 Å². The number of halogens is 2. The molecule has 0 spiro atoms. The van der Waals surface area contributed by atoms with Crippen molar-refractivity contribution in [3.05, 3.63) is 64.9 Å². The molecular formula is C37H51F2N7O2. The van der Waals surface area contributed by atoms with E-state index in [1.165, 1.54) is 6.07 Å². The third kappa shape index (κ3) is 7.82. The van der Waals surface area contributed by atoms with Crippen LogP contribution in [0.25, 0.3) is 0 Å². The highest BCUT2D eigenvalue weighted by molar-refractivity contribution is 5.70. The second-order valence-electron chi connectivity index (χ2n) is 14.4. The van der Waals surface area contributed by atoms with Crippen molar-refractivity contribution in [3.63, 3.8) is 0 Å². The summed E-state index contributed by atoms with van der Waals surface area (Å²) in [6.45, 7) is 4.25. The van der Waals surface area contributed by atoms with Gasteiger partial charge in [-0.15, -0.1) is 0 Å². The third-order valence-corrected chi connectivity index (χ3v) is 11.2. The quantitative estimate of drug-likeness (QED) is 0.225. The summed E-state index contributed by atoms with van der Waals surface area (Å²) in [6, 6.07) is 6.99. The van der Waals surface area contributed by atoms with Gasteiger partial charge in [-0.05, 0) is 100 Å². The van der Waals surface area contributed by atoms with Crippen LogP contribution in [-0.4, -0.2) is 75.1 Å². The molecule has 1 saturated carbocycles. The Balaban J connectivity index is 1.33. The molecule has 2 fully saturated rings. The number of aromatic nitrogens is 4. The highest BCUT2D eigenvalue weighted by atomic mass is 19.1. The first kappa shape index (κ1) is 34.3. The maximum Gasteiger partial charge on any atom is 0.306 e. The Morgan fingerprint density at radius 2 is 1.98 bits per heavy atom. The minimum atomic E-state index is -0.687. The minimum Gasteiger partial charge on any atom is -0.481 e. The fraction of sp³-hybridized carbons (Fsp3) is 0.622. The molecule has 3 aromatic rings. The number of carboxylic acid groups (broad SMARTS) is 1. The first-order chi connectivity index (χ1) is 23.2. The predicted octanol–water partition coefficient (Wildman–Crippen LogP) is 6.56. The van der Waals surface area contributed by atoms with Gasteiger partial charge in [0.1, 0.15) is 11.6 Å². The highest BCUT2D eigenvalue weighted by Gasteiger charge is 2.34. The largest absolute Gasteiger partial charge is 0.481 e. The number of anilines is 2. The standard InChI is InChI=1S/C37H51F2N7O2/c1-4-34(25-10-12-26(13-11-25)36(47)48)45(3)37-42-32-15-14-28(27-8-5-9-30(39)17-27)18-31(32)35(43-37)41-33(29-20-40-44(2)22-29)23-46-16-6-7-24(19-38)21-46/h5,8-9,17,20,22,24-26,28,33-34H,4,6-7,10-16,18-19,21,23H2,1-3H3,(H,47,48)(H,41,42,43)/t24-,25?,26?,28-,33+,34-/m1/s1. The van der Waals surface area contributed by atoms with E-state index in [9.17, 15) is 18.7 Å². The zero-order valence-electron chi connectivity index (χ0n) is 28.6. The van der Waals surface area contributed by atoms with Crippen molar-refractivity contribution in [2.75, 3.05) is 43.6 Å². The summed E-state index contributed by atoms with van der Waals surface area (Å²) < 4.78 is 29.8. The number of aliphatic carboxylic acids is 1. The topological polar surface area (TPSA) is 99.4 Å². The van der Waals surface area contributed by atoms with Gasteiger partial charge in [0, 0.05) is 56.5 Å². The third-order valence-electron chi connectivity index (χ3n) is 11.2. The molecule has 11 heteroatoms. The molecule has 1 aromatic carbocycles. The number of fused-ring (bicyclic) bond motifs is 1. The van der Waals surface area contributed by atoms with Gasteiger partial charge in [-0.3, -0.25) is 13.9 Å². The average Bonchev–Trinajstić information content (AvgIpc) is 3.54.